The quantitative estimate of drug-likeness (QED) is 0.730. The van der Waals surface area contributed by atoms with Crippen molar-refractivity contribution in [3.63, 3.8) is 0 Å². The number of amides is 1. The van der Waals surface area contributed by atoms with Gasteiger partial charge < -0.3 is 16.2 Å². The number of rotatable bonds is 2. The van der Waals surface area contributed by atoms with Crippen molar-refractivity contribution in [3.8, 4) is 17.6 Å². The second-order valence-electron chi connectivity index (χ2n) is 4.34. The molecule has 1 aromatic heterocycles. The average molecular weight is 281 g/mol. The number of nitrogens with one attached hydrogen (secondary N) is 1. The van der Waals surface area contributed by atoms with Gasteiger partial charge in [0.1, 0.15) is 17.3 Å². The number of aromatic hydroxyl groups is 1. The van der Waals surface area contributed by atoms with Crippen molar-refractivity contribution in [1.29, 1.82) is 0 Å². The van der Waals surface area contributed by atoms with E-state index in [4.69, 9.17) is 5.73 Å². The molecule has 0 bridgehead atoms. The number of nitrogens with two attached hydrogens (primary N) is 1. The lowest BCUT2D eigenvalue weighted by Gasteiger charge is -2.08. The zero-order valence-electron chi connectivity index (χ0n) is 11.6. The van der Waals surface area contributed by atoms with Crippen molar-refractivity contribution in [2.24, 2.45) is 5.73 Å². The van der Waals surface area contributed by atoms with E-state index in [0.29, 0.717) is 17.1 Å². The van der Waals surface area contributed by atoms with Crippen molar-refractivity contribution in [2.45, 2.75) is 6.92 Å². The number of carbonyl (C=O) groups is 1. The van der Waals surface area contributed by atoms with Crippen LogP contribution in [0.15, 0.2) is 36.4 Å². The lowest BCUT2D eigenvalue weighted by molar-refractivity contribution is 0.102. The molecule has 2 rings (SSSR count). The molecular weight excluding hydrogens is 266 g/mol. The van der Waals surface area contributed by atoms with E-state index in [0.717, 1.165) is 0 Å². The van der Waals surface area contributed by atoms with Crippen LogP contribution >= 0.6 is 0 Å². The van der Waals surface area contributed by atoms with Gasteiger partial charge in [-0.3, -0.25) is 4.79 Å². The van der Waals surface area contributed by atoms with E-state index in [1.54, 1.807) is 43.3 Å². The highest BCUT2D eigenvalue weighted by molar-refractivity contribution is 6.05. The normalized spacial score (nSPS) is 9.62. The summed E-state index contributed by atoms with van der Waals surface area (Å²) in [4.78, 5) is 16.3. The highest BCUT2D eigenvalue weighted by atomic mass is 16.3. The summed E-state index contributed by atoms with van der Waals surface area (Å²) < 4.78 is 0. The van der Waals surface area contributed by atoms with Gasteiger partial charge in [0.05, 0.1) is 12.1 Å². The van der Waals surface area contributed by atoms with Crippen molar-refractivity contribution >= 4 is 11.7 Å². The molecule has 5 heteroatoms. The monoisotopic (exact) mass is 281 g/mol. The first-order chi connectivity index (χ1) is 10.1. The Kier molecular flexibility index (Phi) is 4.54. The Hall–Kier alpha value is -2.84. The SMILES string of the molecule is Cc1cccc(C(=O)Nc2cccc(C#CCN)n2)c1O. The first kappa shape index (κ1) is 14.6. The number of pyridine rings is 1. The molecule has 1 amide bonds. The van der Waals surface area contributed by atoms with Crippen LogP contribution in [0.25, 0.3) is 0 Å². The zero-order chi connectivity index (χ0) is 15.2. The first-order valence-electron chi connectivity index (χ1n) is 6.37. The number of aryl methyl sites for hydroxylation is 1. The second kappa shape index (κ2) is 6.55. The zero-order valence-corrected chi connectivity index (χ0v) is 11.6. The molecular formula is C16H15N3O2. The predicted molar refractivity (Wildman–Crippen MR) is 81.0 cm³/mol. The van der Waals surface area contributed by atoms with Crippen LogP contribution in [-0.2, 0) is 0 Å². The maximum atomic E-state index is 12.1. The number of anilines is 1. The fraction of sp³-hybridized carbons (Fsp3) is 0.125. The molecule has 4 N–H and O–H groups in total. The Balaban J connectivity index is 2.22. The summed E-state index contributed by atoms with van der Waals surface area (Å²) in [6, 6.07) is 10.1. The molecule has 2 aromatic rings. The van der Waals surface area contributed by atoms with Crippen molar-refractivity contribution in [2.75, 3.05) is 11.9 Å². The van der Waals surface area contributed by atoms with Crippen LogP contribution in [0, 0.1) is 18.8 Å². The van der Waals surface area contributed by atoms with Gasteiger partial charge in [-0.15, -0.1) is 0 Å². The van der Waals surface area contributed by atoms with Gasteiger partial charge in [0.15, 0.2) is 0 Å². The summed E-state index contributed by atoms with van der Waals surface area (Å²) >= 11 is 0. The van der Waals surface area contributed by atoms with Crippen LogP contribution in [0.4, 0.5) is 5.82 Å². The number of carbonyl (C=O) groups excluding carboxylic acids is 1. The van der Waals surface area contributed by atoms with E-state index in [1.807, 2.05) is 0 Å². The summed E-state index contributed by atoms with van der Waals surface area (Å²) in [6.07, 6.45) is 0. The molecule has 0 radical (unpaired) electrons. The number of hydrogen-bond acceptors (Lipinski definition) is 4. The Morgan fingerprint density at radius 2 is 2.10 bits per heavy atom. The maximum absolute atomic E-state index is 12.1. The molecule has 106 valence electrons. The first-order valence-corrected chi connectivity index (χ1v) is 6.37. The molecule has 5 nitrogen and oxygen atoms in total. The molecule has 0 aliphatic heterocycles. The number of nitrogens with zero attached hydrogens (tertiary/aromatic N) is 1. The summed E-state index contributed by atoms with van der Waals surface area (Å²) in [5, 5.41) is 12.5. The van der Waals surface area contributed by atoms with E-state index in [9.17, 15) is 9.90 Å². The van der Waals surface area contributed by atoms with Crippen LogP contribution in [-0.4, -0.2) is 22.5 Å². The second-order valence-corrected chi connectivity index (χ2v) is 4.34. The molecule has 0 unspecified atom stereocenters. The summed E-state index contributed by atoms with van der Waals surface area (Å²) in [5.74, 6) is 5.40. The predicted octanol–water partition coefficient (Wildman–Crippen LogP) is 1.66. The number of benzene rings is 1. The molecule has 1 heterocycles. The van der Waals surface area contributed by atoms with E-state index >= 15 is 0 Å². The molecule has 0 atom stereocenters. The number of para-hydroxylation sites is 1. The Morgan fingerprint density at radius 3 is 2.86 bits per heavy atom. The molecule has 0 aliphatic carbocycles. The Bertz CT molecular complexity index is 730. The van der Waals surface area contributed by atoms with E-state index in [1.165, 1.54) is 0 Å². The van der Waals surface area contributed by atoms with E-state index < -0.39 is 5.91 Å². The third kappa shape index (κ3) is 3.59. The van der Waals surface area contributed by atoms with Gasteiger partial charge in [0.25, 0.3) is 5.91 Å². The van der Waals surface area contributed by atoms with Gasteiger partial charge in [-0.05, 0) is 36.6 Å². The lowest BCUT2D eigenvalue weighted by atomic mass is 10.1. The van der Waals surface area contributed by atoms with Crippen LogP contribution in [0.2, 0.25) is 0 Å². The maximum Gasteiger partial charge on any atom is 0.260 e. The minimum atomic E-state index is -0.423. The fourth-order valence-electron chi connectivity index (χ4n) is 1.74. The molecule has 1 aromatic carbocycles. The van der Waals surface area contributed by atoms with Crippen LogP contribution in [0.5, 0.6) is 5.75 Å². The van der Waals surface area contributed by atoms with Crippen LogP contribution in [0.3, 0.4) is 0 Å². The summed E-state index contributed by atoms with van der Waals surface area (Å²) in [6.45, 7) is 1.98. The average Bonchev–Trinajstić information content (AvgIpc) is 2.48. The highest BCUT2D eigenvalue weighted by Gasteiger charge is 2.13. The number of phenols is 1. The number of phenolic OH excluding ortho intramolecular Hbond substituents is 1. The van der Waals surface area contributed by atoms with Crippen LogP contribution in [0.1, 0.15) is 21.6 Å². The van der Waals surface area contributed by atoms with Crippen LogP contribution < -0.4 is 11.1 Å². The minimum Gasteiger partial charge on any atom is -0.507 e. The Labute approximate surface area is 122 Å². The molecule has 0 spiro atoms. The van der Waals surface area contributed by atoms with E-state index in [-0.39, 0.29) is 17.9 Å². The van der Waals surface area contributed by atoms with Crippen molar-refractivity contribution < 1.29 is 9.90 Å². The van der Waals surface area contributed by atoms with Gasteiger partial charge in [0, 0.05) is 0 Å². The van der Waals surface area contributed by atoms with Crippen molar-refractivity contribution in [1.82, 2.24) is 4.98 Å². The molecule has 0 aliphatic rings. The van der Waals surface area contributed by atoms with E-state index in [2.05, 4.69) is 22.1 Å². The Morgan fingerprint density at radius 1 is 1.33 bits per heavy atom. The minimum absolute atomic E-state index is 0.0333. The van der Waals surface area contributed by atoms with Gasteiger partial charge in [0.2, 0.25) is 0 Å². The fourth-order valence-corrected chi connectivity index (χ4v) is 1.74. The van der Waals surface area contributed by atoms with Crippen molar-refractivity contribution in [3.05, 3.63) is 53.2 Å². The van der Waals surface area contributed by atoms with Gasteiger partial charge >= 0.3 is 0 Å². The topological polar surface area (TPSA) is 88.2 Å². The summed E-state index contributed by atoms with van der Waals surface area (Å²) in [5.41, 5.74) is 6.66. The molecule has 0 saturated carbocycles. The molecule has 21 heavy (non-hydrogen) atoms. The lowest BCUT2D eigenvalue weighted by Crippen LogP contribution is -2.13. The smallest absolute Gasteiger partial charge is 0.260 e. The number of aromatic nitrogens is 1. The third-order valence-corrected chi connectivity index (χ3v) is 2.79. The van der Waals surface area contributed by atoms with Gasteiger partial charge in [-0.2, -0.15) is 0 Å². The number of hydrogen-bond donors (Lipinski definition) is 3. The standard InChI is InChI=1S/C16H15N3O2/c1-11-5-2-8-13(15(11)20)16(21)19-14-9-3-6-12(18-14)7-4-10-17/h2-3,5-6,8-9,20H,10,17H2,1H3,(H,18,19,21). The molecule has 0 saturated heterocycles. The largest absolute Gasteiger partial charge is 0.507 e. The van der Waals surface area contributed by atoms with Gasteiger partial charge in [-0.1, -0.05) is 24.1 Å². The van der Waals surface area contributed by atoms with Gasteiger partial charge in [-0.25, -0.2) is 4.98 Å². The third-order valence-electron chi connectivity index (χ3n) is 2.79. The summed E-state index contributed by atoms with van der Waals surface area (Å²) in [7, 11) is 0. The highest BCUT2D eigenvalue weighted by Crippen LogP contribution is 2.22. The molecule has 0 fully saturated rings.